The standard InChI is InChI=1S/C12H18N2O/c1-3-13-9-8-12(15)14-11-7-5-4-6-10(11)2/h4-7,13H,3,8-9H2,1-2H3,(H,14,15). The normalized spacial score (nSPS) is 10.0. The third-order valence-electron chi connectivity index (χ3n) is 2.20. The van der Waals surface area contributed by atoms with Gasteiger partial charge >= 0.3 is 0 Å². The van der Waals surface area contributed by atoms with Gasteiger partial charge in [-0.15, -0.1) is 0 Å². The lowest BCUT2D eigenvalue weighted by molar-refractivity contribution is -0.116. The first kappa shape index (κ1) is 11.7. The van der Waals surface area contributed by atoms with E-state index in [0.29, 0.717) is 6.42 Å². The Kier molecular flexibility index (Phi) is 4.84. The molecule has 2 N–H and O–H groups in total. The number of aryl methyl sites for hydroxylation is 1. The van der Waals surface area contributed by atoms with Crippen molar-refractivity contribution >= 4 is 11.6 Å². The van der Waals surface area contributed by atoms with E-state index < -0.39 is 0 Å². The van der Waals surface area contributed by atoms with Crippen LogP contribution >= 0.6 is 0 Å². The molecule has 0 aliphatic carbocycles. The number of carbonyl (C=O) groups excluding carboxylic acids is 1. The van der Waals surface area contributed by atoms with E-state index in [0.717, 1.165) is 24.3 Å². The number of hydrogen-bond donors (Lipinski definition) is 2. The summed E-state index contributed by atoms with van der Waals surface area (Å²) < 4.78 is 0. The maximum atomic E-state index is 11.5. The molecule has 0 aliphatic heterocycles. The van der Waals surface area contributed by atoms with Gasteiger partial charge in [-0.1, -0.05) is 25.1 Å². The van der Waals surface area contributed by atoms with Crippen molar-refractivity contribution in [1.29, 1.82) is 0 Å². The molecule has 0 fully saturated rings. The molecule has 0 radical (unpaired) electrons. The number of nitrogens with one attached hydrogen (secondary N) is 2. The Hall–Kier alpha value is -1.35. The summed E-state index contributed by atoms with van der Waals surface area (Å²) in [4.78, 5) is 11.5. The molecular formula is C12H18N2O. The summed E-state index contributed by atoms with van der Waals surface area (Å²) in [7, 11) is 0. The number of hydrogen-bond acceptors (Lipinski definition) is 2. The quantitative estimate of drug-likeness (QED) is 0.723. The van der Waals surface area contributed by atoms with Crippen LogP contribution in [0.25, 0.3) is 0 Å². The van der Waals surface area contributed by atoms with Crippen LogP contribution in [0.4, 0.5) is 5.69 Å². The van der Waals surface area contributed by atoms with E-state index in [2.05, 4.69) is 10.6 Å². The minimum atomic E-state index is 0.0604. The molecule has 0 bridgehead atoms. The first-order valence-electron chi connectivity index (χ1n) is 5.30. The molecule has 0 spiro atoms. The molecule has 0 atom stereocenters. The molecule has 1 amide bonds. The molecular weight excluding hydrogens is 188 g/mol. The van der Waals surface area contributed by atoms with Crippen LogP contribution in [0, 0.1) is 6.92 Å². The zero-order valence-corrected chi connectivity index (χ0v) is 9.34. The Morgan fingerprint density at radius 2 is 2.07 bits per heavy atom. The minimum absolute atomic E-state index is 0.0604. The second-order valence-corrected chi connectivity index (χ2v) is 3.47. The van der Waals surface area contributed by atoms with Gasteiger partial charge in [0.2, 0.25) is 5.91 Å². The molecule has 0 aromatic heterocycles. The largest absolute Gasteiger partial charge is 0.326 e. The molecule has 15 heavy (non-hydrogen) atoms. The zero-order chi connectivity index (χ0) is 11.1. The van der Waals surface area contributed by atoms with E-state index in [-0.39, 0.29) is 5.91 Å². The molecule has 0 heterocycles. The van der Waals surface area contributed by atoms with Crippen LogP contribution < -0.4 is 10.6 Å². The van der Waals surface area contributed by atoms with Crippen molar-refractivity contribution in [3.05, 3.63) is 29.8 Å². The van der Waals surface area contributed by atoms with Crippen LogP contribution in [0.2, 0.25) is 0 Å². The minimum Gasteiger partial charge on any atom is -0.326 e. The SMILES string of the molecule is CCNCCC(=O)Nc1ccccc1C. The number of carbonyl (C=O) groups is 1. The van der Waals surface area contributed by atoms with E-state index in [9.17, 15) is 4.79 Å². The first-order valence-corrected chi connectivity index (χ1v) is 5.30. The lowest BCUT2D eigenvalue weighted by atomic mass is 10.2. The van der Waals surface area contributed by atoms with Gasteiger partial charge in [0.05, 0.1) is 0 Å². The van der Waals surface area contributed by atoms with Gasteiger partial charge in [0, 0.05) is 18.7 Å². The van der Waals surface area contributed by atoms with Gasteiger partial charge in [0.25, 0.3) is 0 Å². The van der Waals surface area contributed by atoms with Crippen LogP contribution in [0.15, 0.2) is 24.3 Å². The van der Waals surface area contributed by atoms with Gasteiger partial charge in [-0.05, 0) is 25.1 Å². The molecule has 0 saturated carbocycles. The summed E-state index contributed by atoms with van der Waals surface area (Å²) in [5.41, 5.74) is 1.99. The Morgan fingerprint density at radius 3 is 2.73 bits per heavy atom. The fourth-order valence-electron chi connectivity index (χ4n) is 1.30. The topological polar surface area (TPSA) is 41.1 Å². The van der Waals surface area contributed by atoms with Gasteiger partial charge in [0.1, 0.15) is 0 Å². The highest BCUT2D eigenvalue weighted by molar-refractivity contribution is 5.91. The van der Waals surface area contributed by atoms with E-state index >= 15 is 0 Å². The molecule has 1 aromatic carbocycles. The smallest absolute Gasteiger partial charge is 0.225 e. The van der Waals surface area contributed by atoms with E-state index in [1.54, 1.807) is 0 Å². The third kappa shape index (κ3) is 4.13. The number of rotatable bonds is 5. The number of anilines is 1. The average Bonchev–Trinajstić information content (AvgIpc) is 2.22. The number of amides is 1. The van der Waals surface area contributed by atoms with Gasteiger partial charge < -0.3 is 10.6 Å². The molecule has 1 aromatic rings. The van der Waals surface area contributed by atoms with Crippen LogP contribution in [-0.2, 0) is 4.79 Å². The summed E-state index contributed by atoms with van der Waals surface area (Å²) in [5, 5.41) is 6.01. The zero-order valence-electron chi connectivity index (χ0n) is 9.34. The Morgan fingerprint density at radius 1 is 1.33 bits per heavy atom. The van der Waals surface area contributed by atoms with Crippen LogP contribution in [0.1, 0.15) is 18.9 Å². The average molecular weight is 206 g/mol. The molecule has 0 aliphatic rings. The van der Waals surface area contributed by atoms with Gasteiger partial charge in [0.15, 0.2) is 0 Å². The summed E-state index contributed by atoms with van der Waals surface area (Å²) in [6.45, 7) is 5.64. The first-order chi connectivity index (χ1) is 7.24. The van der Waals surface area contributed by atoms with Gasteiger partial charge in [-0.3, -0.25) is 4.79 Å². The van der Waals surface area contributed by atoms with Crippen molar-refractivity contribution in [1.82, 2.24) is 5.32 Å². The maximum absolute atomic E-state index is 11.5. The summed E-state index contributed by atoms with van der Waals surface area (Å²) in [6, 6.07) is 7.79. The summed E-state index contributed by atoms with van der Waals surface area (Å²) in [6.07, 6.45) is 0.516. The van der Waals surface area contributed by atoms with Crippen molar-refractivity contribution in [2.75, 3.05) is 18.4 Å². The number of para-hydroxylation sites is 1. The van der Waals surface area contributed by atoms with Crippen LogP contribution in [-0.4, -0.2) is 19.0 Å². The second-order valence-electron chi connectivity index (χ2n) is 3.47. The molecule has 0 saturated heterocycles. The molecule has 0 unspecified atom stereocenters. The summed E-state index contributed by atoms with van der Waals surface area (Å²) in [5.74, 6) is 0.0604. The molecule has 3 heteroatoms. The highest BCUT2D eigenvalue weighted by Gasteiger charge is 2.02. The lowest BCUT2D eigenvalue weighted by Crippen LogP contribution is -2.21. The highest BCUT2D eigenvalue weighted by atomic mass is 16.1. The molecule has 1 rings (SSSR count). The van der Waals surface area contributed by atoms with Crippen molar-refractivity contribution in [2.45, 2.75) is 20.3 Å². The van der Waals surface area contributed by atoms with Crippen molar-refractivity contribution in [2.24, 2.45) is 0 Å². The molecule has 3 nitrogen and oxygen atoms in total. The fourth-order valence-corrected chi connectivity index (χ4v) is 1.30. The third-order valence-corrected chi connectivity index (χ3v) is 2.20. The van der Waals surface area contributed by atoms with Gasteiger partial charge in [-0.2, -0.15) is 0 Å². The Balaban J connectivity index is 2.41. The number of benzene rings is 1. The monoisotopic (exact) mass is 206 g/mol. The van der Waals surface area contributed by atoms with E-state index in [1.165, 1.54) is 0 Å². The van der Waals surface area contributed by atoms with E-state index in [4.69, 9.17) is 0 Å². The lowest BCUT2D eigenvalue weighted by Gasteiger charge is -2.07. The summed E-state index contributed by atoms with van der Waals surface area (Å²) >= 11 is 0. The fraction of sp³-hybridized carbons (Fsp3) is 0.417. The Labute approximate surface area is 90.9 Å². The predicted molar refractivity (Wildman–Crippen MR) is 63.0 cm³/mol. The van der Waals surface area contributed by atoms with Crippen molar-refractivity contribution in [3.63, 3.8) is 0 Å². The highest BCUT2D eigenvalue weighted by Crippen LogP contribution is 2.12. The predicted octanol–water partition coefficient (Wildman–Crippen LogP) is 1.93. The maximum Gasteiger partial charge on any atom is 0.225 e. The molecule has 82 valence electrons. The van der Waals surface area contributed by atoms with Gasteiger partial charge in [-0.25, -0.2) is 0 Å². The van der Waals surface area contributed by atoms with Crippen molar-refractivity contribution in [3.8, 4) is 0 Å². The van der Waals surface area contributed by atoms with Crippen LogP contribution in [0.5, 0.6) is 0 Å². The van der Waals surface area contributed by atoms with Crippen LogP contribution in [0.3, 0.4) is 0 Å². The Bertz CT molecular complexity index is 323. The van der Waals surface area contributed by atoms with E-state index in [1.807, 2.05) is 38.1 Å². The van der Waals surface area contributed by atoms with Crippen molar-refractivity contribution < 1.29 is 4.79 Å². The second kappa shape index (κ2) is 6.19.